The zero-order chi connectivity index (χ0) is 19.3. The fraction of sp³-hybridized carbons (Fsp3) is 0.478. The third-order valence-electron chi connectivity index (χ3n) is 4.93. The summed E-state index contributed by atoms with van der Waals surface area (Å²) in [6.45, 7) is 2.79. The van der Waals surface area contributed by atoms with Gasteiger partial charge in [0.1, 0.15) is 0 Å². The highest BCUT2D eigenvalue weighted by Gasteiger charge is 2.25. The van der Waals surface area contributed by atoms with Crippen LogP contribution in [0.5, 0.6) is 0 Å². The molecule has 27 heavy (non-hydrogen) atoms. The van der Waals surface area contributed by atoms with Gasteiger partial charge < -0.3 is 10.1 Å². The van der Waals surface area contributed by atoms with E-state index < -0.39 is 0 Å². The van der Waals surface area contributed by atoms with Crippen molar-refractivity contribution in [2.75, 3.05) is 13.2 Å². The van der Waals surface area contributed by atoms with E-state index in [0.717, 1.165) is 12.8 Å². The van der Waals surface area contributed by atoms with Crippen molar-refractivity contribution in [2.45, 2.75) is 51.4 Å². The zero-order valence-corrected chi connectivity index (χ0v) is 16.2. The summed E-state index contributed by atoms with van der Waals surface area (Å²) in [7, 11) is 0. The summed E-state index contributed by atoms with van der Waals surface area (Å²) >= 11 is 0. The summed E-state index contributed by atoms with van der Waals surface area (Å²) in [5.74, 6) is 0.864. The number of unbranched alkanes of at least 4 members (excludes halogenated alkanes) is 1. The van der Waals surface area contributed by atoms with Crippen molar-refractivity contribution < 1.29 is 14.3 Å². The molecule has 0 aromatic heterocycles. The Bertz CT molecular complexity index is 636. The number of hydrogen-bond acceptors (Lipinski definition) is 3. The number of nitrogens with one attached hydrogen (secondary N) is 1. The number of hydrogen-bond donors (Lipinski definition) is 1. The lowest BCUT2D eigenvalue weighted by molar-refractivity contribution is -0.143. The highest BCUT2D eigenvalue weighted by molar-refractivity contribution is 5.87. The summed E-state index contributed by atoms with van der Waals surface area (Å²) in [6.07, 6.45) is 13.2. The molecular weight excluding hydrogens is 338 g/mol. The Morgan fingerprint density at radius 1 is 1.15 bits per heavy atom. The minimum Gasteiger partial charge on any atom is -0.466 e. The number of carbonyl (C=O) groups is 2. The fourth-order valence-electron chi connectivity index (χ4n) is 3.58. The molecule has 4 heteroatoms. The van der Waals surface area contributed by atoms with E-state index >= 15 is 0 Å². The molecule has 1 aromatic carbocycles. The van der Waals surface area contributed by atoms with E-state index in [4.69, 9.17) is 4.74 Å². The normalized spacial score (nSPS) is 19.6. The van der Waals surface area contributed by atoms with Crippen LogP contribution in [0.4, 0.5) is 0 Å². The lowest BCUT2D eigenvalue weighted by Gasteiger charge is -2.16. The largest absolute Gasteiger partial charge is 0.466 e. The summed E-state index contributed by atoms with van der Waals surface area (Å²) in [6, 6.07) is 10.7. The lowest BCUT2D eigenvalue weighted by atomic mass is 9.89. The number of esters is 1. The van der Waals surface area contributed by atoms with Crippen LogP contribution in [0.1, 0.15) is 56.9 Å². The summed E-state index contributed by atoms with van der Waals surface area (Å²) < 4.78 is 4.87. The van der Waals surface area contributed by atoms with Crippen molar-refractivity contribution in [3.05, 3.63) is 60.2 Å². The third kappa shape index (κ3) is 7.81. The molecule has 146 valence electrons. The Labute approximate surface area is 162 Å². The first-order valence-electron chi connectivity index (χ1n) is 10.0. The highest BCUT2D eigenvalue weighted by atomic mass is 16.5. The topological polar surface area (TPSA) is 55.4 Å². The molecule has 2 rings (SSSR count). The molecular formula is C23H31NO3. The molecule has 0 heterocycles. The van der Waals surface area contributed by atoms with Gasteiger partial charge in [-0.2, -0.15) is 0 Å². The molecule has 0 bridgehead atoms. The fourth-order valence-corrected chi connectivity index (χ4v) is 3.58. The Kier molecular flexibility index (Phi) is 9.39. The molecule has 0 spiro atoms. The second kappa shape index (κ2) is 12.1. The van der Waals surface area contributed by atoms with Crippen molar-refractivity contribution in [2.24, 2.45) is 5.92 Å². The Morgan fingerprint density at radius 2 is 1.96 bits per heavy atom. The van der Waals surface area contributed by atoms with Gasteiger partial charge >= 0.3 is 5.97 Å². The van der Waals surface area contributed by atoms with Crippen LogP contribution in [0, 0.1) is 5.92 Å². The highest BCUT2D eigenvalue weighted by Crippen LogP contribution is 2.40. The average molecular weight is 370 g/mol. The average Bonchev–Trinajstić information content (AvgIpc) is 3.14. The van der Waals surface area contributed by atoms with Crippen LogP contribution in [0.25, 0.3) is 0 Å². The minimum atomic E-state index is -0.172. The van der Waals surface area contributed by atoms with Crippen molar-refractivity contribution in [1.82, 2.24) is 5.32 Å². The van der Waals surface area contributed by atoms with Crippen LogP contribution in [-0.2, 0) is 14.3 Å². The molecule has 1 aromatic rings. The number of carbonyl (C=O) groups excluding carboxylic acids is 2. The second-order valence-corrected chi connectivity index (χ2v) is 6.91. The maximum atomic E-state index is 11.8. The third-order valence-corrected chi connectivity index (χ3v) is 4.93. The molecule has 1 aliphatic rings. The van der Waals surface area contributed by atoms with Gasteiger partial charge in [0.25, 0.3) is 0 Å². The smallest absolute Gasteiger partial charge is 0.305 e. The van der Waals surface area contributed by atoms with Crippen LogP contribution >= 0.6 is 0 Å². The maximum Gasteiger partial charge on any atom is 0.305 e. The molecule has 0 radical (unpaired) electrons. The van der Waals surface area contributed by atoms with E-state index in [1.807, 2.05) is 12.2 Å². The second-order valence-electron chi connectivity index (χ2n) is 6.91. The molecule has 1 N–H and O–H groups in total. The van der Waals surface area contributed by atoms with Gasteiger partial charge in [0.15, 0.2) is 0 Å². The van der Waals surface area contributed by atoms with Crippen LogP contribution in [-0.4, -0.2) is 25.0 Å². The number of allylic oxidation sites excluding steroid dienone is 3. The molecule has 4 nitrogen and oxygen atoms in total. The summed E-state index contributed by atoms with van der Waals surface area (Å²) in [5, 5.41) is 2.84. The number of rotatable bonds is 10. The van der Waals surface area contributed by atoms with Gasteiger partial charge in [0.2, 0.25) is 5.91 Å². The van der Waals surface area contributed by atoms with Gasteiger partial charge in [-0.1, -0.05) is 55.0 Å². The molecule has 1 amide bonds. The maximum absolute atomic E-state index is 11.8. The predicted molar refractivity (Wildman–Crippen MR) is 108 cm³/mol. The van der Waals surface area contributed by atoms with E-state index in [0.29, 0.717) is 31.4 Å². The predicted octanol–water partition coefficient (Wildman–Crippen LogP) is 4.53. The van der Waals surface area contributed by atoms with Gasteiger partial charge in [0, 0.05) is 19.0 Å². The molecule has 0 aliphatic heterocycles. The van der Waals surface area contributed by atoms with E-state index in [9.17, 15) is 9.59 Å². The summed E-state index contributed by atoms with van der Waals surface area (Å²) in [4.78, 5) is 23.0. The summed E-state index contributed by atoms with van der Waals surface area (Å²) in [5.41, 5.74) is 1.41. The Morgan fingerprint density at radius 3 is 2.74 bits per heavy atom. The first-order chi connectivity index (χ1) is 13.2. The van der Waals surface area contributed by atoms with Crippen LogP contribution < -0.4 is 5.32 Å². The van der Waals surface area contributed by atoms with E-state index in [1.54, 1.807) is 13.0 Å². The Hall–Kier alpha value is -2.36. The molecule has 1 fully saturated rings. The van der Waals surface area contributed by atoms with Crippen molar-refractivity contribution in [3.63, 3.8) is 0 Å². The minimum absolute atomic E-state index is 0.0955. The molecule has 2 atom stereocenters. The van der Waals surface area contributed by atoms with Crippen LogP contribution in [0.15, 0.2) is 54.6 Å². The molecule has 0 saturated heterocycles. The van der Waals surface area contributed by atoms with Crippen molar-refractivity contribution in [3.8, 4) is 0 Å². The van der Waals surface area contributed by atoms with Gasteiger partial charge in [0.05, 0.1) is 6.61 Å². The van der Waals surface area contributed by atoms with E-state index in [-0.39, 0.29) is 11.9 Å². The molecule has 1 aliphatic carbocycles. The Balaban J connectivity index is 1.65. The first kappa shape index (κ1) is 20.9. The first-order valence-corrected chi connectivity index (χ1v) is 10.0. The van der Waals surface area contributed by atoms with Crippen LogP contribution in [0.2, 0.25) is 0 Å². The molecule has 0 unspecified atom stereocenters. The standard InChI is InChI=1S/C23H31NO3/c1-2-27-23(26)17-8-9-18-24-22(25)16-7-6-13-20-14-10-15-21(20)19-11-4-3-5-12-19/h3-7,11-13,16,20-21H,2,8-10,14-15,17-18H2,1H3,(H,24,25)/b13-6-,16-7-/t20-,21+/m1/s1. The van der Waals surface area contributed by atoms with Gasteiger partial charge in [-0.25, -0.2) is 0 Å². The number of benzene rings is 1. The number of amides is 1. The molecule has 1 saturated carbocycles. The quantitative estimate of drug-likeness (QED) is 0.285. The van der Waals surface area contributed by atoms with Crippen molar-refractivity contribution in [1.29, 1.82) is 0 Å². The lowest BCUT2D eigenvalue weighted by Crippen LogP contribution is -2.22. The monoisotopic (exact) mass is 369 g/mol. The number of ether oxygens (including phenoxy) is 1. The zero-order valence-electron chi connectivity index (χ0n) is 16.2. The van der Waals surface area contributed by atoms with Crippen LogP contribution in [0.3, 0.4) is 0 Å². The SMILES string of the molecule is CCOC(=O)CCCCNC(=O)/C=C\C=C/[C@@H]1CCC[C@H]1c1ccccc1. The van der Waals surface area contributed by atoms with E-state index in [2.05, 4.69) is 41.7 Å². The van der Waals surface area contributed by atoms with Gasteiger partial charge in [-0.15, -0.1) is 0 Å². The van der Waals surface area contributed by atoms with Crippen molar-refractivity contribution >= 4 is 11.9 Å². The van der Waals surface area contributed by atoms with E-state index in [1.165, 1.54) is 24.8 Å². The van der Waals surface area contributed by atoms with Gasteiger partial charge in [-0.05, 0) is 50.0 Å². The van der Waals surface area contributed by atoms with Gasteiger partial charge in [-0.3, -0.25) is 9.59 Å².